The van der Waals surface area contributed by atoms with Crippen LogP contribution in [0.1, 0.15) is 73.9 Å². The minimum absolute atomic E-state index is 0.0906. The van der Waals surface area contributed by atoms with E-state index in [1.165, 1.54) is 11.1 Å². The van der Waals surface area contributed by atoms with E-state index in [1.807, 2.05) is 140 Å². The van der Waals surface area contributed by atoms with Gasteiger partial charge in [0.1, 0.15) is 24.4 Å². The Hall–Kier alpha value is -4.55. The minimum atomic E-state index is -0.732. The van der Waals surface area contributed by atoms with Crippen molar-refractivity contribution >= 4 is 29.8 Å². The summed E-state index contributed by atoms with van der Waals surface area (Å²) in [6.07, 6.45) is 0.424. The molecule has 0 amide bonds. The second-order valence-electron chi connectivity index (χ2n) is 15.9. The van der Waals surface area contributed by atoms with Gasteiger partial charge in [-0.3, -0.25) is 0 Å². The van der Waals surface area contributed by atoms with Gasteiger partial charge >= 0.3 is 0 Å². The Morgan fingerprint density at radius 3 is 0.925 bits per heavy atom. The lowest BCUT2D eigenvalue weighted by molar-refractivity contribution is -0.159. The van der Waals surface area contributed by atoms with Crippen LogP contribution in [0.25, 0.3) is 0 Å². The molecule has 0 heterocycles. The van der Waals surface area contributed by atoms with Crippen molar-refractivity contribution in [2.75, 3.05) is 11.5 Å². The molecule has 7 nitrogen and oxygen atoms in total. The van der Waals surface area contributed by atoms with Crippen molar-refractivity contribution in [3.8, 4) is 0 Å². The highest BCUT2D eigenvalue weighted by Crippen LogP contribution is 2.34. The predicted molar refractivity (Wildman–Crippen MR) is 277 cm³/mol. The van der Waals surface area contributed by atoms with E-state index in [1.54, 1.807) is 0 Å². The monoisotopic (exact) mass is 942 g/mol. The molecule has 0 radical (unpaired) electrons. The summed E-state index contributed by atoms with van der Waals surface area (Å²) in [5.41, 5.74) is 6.62. The molecule has 9 heteroatoms. The lowest BCUT2D eigenvalue weighted by Crippen LogP contribution is -2.46. The van der Waals surface area contributed by atoms with E-state index in [4.69, 9.17) is 28.4 Å². The number of benzene rings is 6. The van der Waals surface area contributed by atoms with Crippen LogP contribution in [0.2, 0.25) is 0 Å². The first-order valence-electron chi connectivity index (χ1n) is 23.7. The van der Waals surface area contributed by atoms with E-state index in [9.17, 15) is 4.79 Å². The van der Waals surface area contributed by atoms with E-state index in [0.29, 0.717) is 46.1 Å². The summed E-state index contributed by atoms with van der Waals surface area (Å²) in [5, 5.41) is 0. The maximum atomic E-state index is 12.0. The van der Waals surface area contributed by atoms with Crippen LogP contribution in [0.15, 0.2) is 182 Å². The quantitative estimate of drug-likeness (QED) is 0.0324. The summed E-state index contributed by atoms with van der Waals surface area (Å²) < 4.78 is 38.7. The second kappa shape index (κ2) is 32.2. The maximum absolute atomic E-state index is 12.0. The van der Waals surface area contributed by atoms with Crippen LogP contribution < -0.4 is 0 Å². The molecular weight excluding hydrogens is 873 g/mol. The van der Waals surface area contributed by atoms with Crippen LogP contribution in [0.5, 0.6) is 0 Å². The minimum Gasteiger partial charge on any atom is -0.371 e. The molecule has 0 bridgehead atoms. The zero-order chi connectivity index (χ0) is 47.2. The van der Waals surface area contributed by atoms with Crippen LogP contribution in [0.4, 0.5) is 0 Å². The van der Waals surface area contributed by atoms with Gasteiger partial charge in [-0.2, -0.15) is 0 Å². The van der Waals surface area contributed by atoms with Crippen LogP contribution in [0.3, 0.4) is 0 Å². The Labute approximate surface area is 409 Å². The molecule has 0 saturated carbocycles. The zero-order valence-electron chi connectivity index (χ0n) is 39.7. The third kappa shape index (κ3) is 19.5. The summed E-state index contributed by atoms with van der Waals surface area (Å²) in [4.78, 5) is 12.0. The van der Waals surface area contributed by atoms with Gasteiger partial charge in [-0.15, -0.1) is 23.5 Å². The van der Waals surface area contributed by atoms with Gasteiger partial charge in [0, 0.05) is 0 Å². The number of ether oxygens (including phenoxy) is 6. The van der Waals surface area contributed by atoms with Gasteiger partial charge in [0.2, 0.25) is 0 Å². The molecule has 6 rings (SSSR count). The molecule has 0 N–H and O–H groups in total. The van der Waals surface area contributed by atoms with Crippen LogP contribution >= 0.6 is 23.5 Å². The van der Waals surface area contributed by atoms with E-state index >= 15 is 0 Å². The van der Waals surface area contributed by atoms with Gasteiger partial charge in [-0.25, -0.2) is 0 Å². The van der Waals surface area contributed by atoms with Crippen LogP contribution in [-0.2, 0) is 72.9 Å². The Morgan fingerprint density at radius 2 is 0.627 bits per heavy atom. The fourth-order valence-corrected chi connectivity index (χ4v) is 10.2. The highest BCUT2D eigenvalue weighted by molar-refractivity contribution is 8.17. The first-order valence-corrected chi connectivity index (χ1v) is 25.8. The van der Waals surface area contributed by atoms with Crippen molar-refractivity contribution in [1.82, 2.24) is 0 Å². The highest BCUT2D eigenvalue weighted by atomic mass is 32.2. The summed E-state index contributed by atoms with van der Waals surface area (Å²) >= 11 is 3.88. The molecule has 0 aromatic heterocycles. The molecule has 0 spiro atoms. The molecule has 0 fully saturated rings. The molecule has 0 aliphatic rings. The Kier molecular flexibility index (Phi) is 25.7. The molecule has 67 heavy (non-hydrogen) atoms. The average Bonchev–Trinajstić information content (AvgIpc) is 3.39. The number of carbonyl (C=O) groups is 1. The first-order chi connectivity index (χ1) is 33.0. The molecule has 356 valence electrons. The SMILES string of the molecule is CCSC(SCC)[C@@H](OCc1ccccc1)[C@@H](OCc1ccccc1)[C@@H](CC)OCc1ccccc1.CC[C@@H](OCc1ccccc1)[C@H](OCc1ccccc1)[C@@H](C=O)OCc1ccccc1. The van der Waals surface area contributed by atoms with Crippen molar-refractivity contribution in [2.45, 2.75) is 121 Å². The van der Waals surface area contributed by atoms with E-state index in [0.717, 1.165) is 46.5 Å². The van der Waals surface area contributed by atoms with Crippen molar-refractivity contribution in [3.63, 3.8) is 0 Å². The molecular formula is C58H70O7S2. The van der Waals surface area contributed by atoms with Crippen LogP contribution in [-0.4, -0.2) is 59.0 Å². The summed E-state index contributed by atoms with van der Waals surface area (Å²) in [7, 11) is 0. The van der Waals surface area contributed by atoms with Gasteiger partial charge in [0.05, 0.1) is 56.4 Å². The van der Waals surface area contributed by atoms with E-state index < -0.39 is 12.2 Å². The van der Waals surface area contributed by atoms with Gasteiger partial charge in [0.15, 0.2) is 6.29 Å². The van der Waals surface area contributed by atoms with Crippen LogP contribution in [0, 0.1) is 0 Å². The third-order valence-corrected chi connectivity index (χ3v) is 13.7. The lowest BCUT2D eigenvalue weighted by Gasteiger charge is -2.37. The maximum Gasteiger partial charge on any atom is 0.151 e. The Balaban J connectivity index is 0.000000254. The standard InChI is InChI=1S/C31H40O3S2.C27H30O4/c1-4-28(32-22-25-16-10-7-11-17-25)29(33-23-26-18-12-8-13-19-26)30(31(35-5-2)36-6-3)34-24-27-20-14-9-15-21-27;1-2-25(29-19-22-12-6-3-7-13-22)27(31-21-24-16-10-5-11-17-24)26(18-28)30-20-23-14-8-4-9-15-23/h7-21,28-31H,4-6,22-24H2,1-3H3;3-18,25-27H,2,19-21H2,1H3/t28-,29+,30+;25-,26-,27+/m11/s1. The summed E-state index contributed by atoms with van der Waals surface area (Å²) in [6, 6.07) is 60.9. The molecule has 6 aromatic carbocycles. The number of carbonyl (C=O) groups excluding carboxylic acids is 1. The number of hydrogen-bond donors (Lipinski definition) is 0. The fourth-order valence-electron chi connectivity index (χ4n) is 7.45. The van der Waals surface area contributed by atoms with E-state index in [2.05, 4.69) is 93.6 Å². The van der Waals surface area contributed by atoms with Gasteiger partial charge in [0.25, 0.3) is 0 Å². The molecule has 0 aliphatic carbocycles. The fraction of sp³-hybridized carbons (Fsp3) is 0.362. The van der Waals surface area contributed by atoms with Crippen molar-refractivity contribution in [1.29, 1.82) is 0 Å². The van der Waals surface area contributed by atoms with Crippen molar-refractivity contribution < 1.29 is 33.2 Å². The average molecular weight is 943 g/mol. The van der Waals surface area contributed by atoms with Gasteiger partial charge in [-0.1, -0.05) is 210 Å². The smallest absolute Gasteiger partial charge is 0.151 e. The Bertz CT molecular complexity index is 2110. The molecule has 0 aliphatic heterocycles. The lowest BCUT2D eigenvalue weighted by atomic mass is 10.1. The second-order valence-corrected chi connectivity index (χ2v) is 19.1. The highest BCUT2D eigenvalue weighted by Gasteiger charge is 2.37. The zero-order valence-corrected chi connectivity index (χ0v) is 41.3. The number of aldehydes is 1. The normalized spacial score (nSPS) is 14.0. The first kappa shape index (κ1) is 53.4. The molecule has 0 unspecified atom stereocenters. The van der Waals surface area contributed by atoms with Gasteiger partial charge in [-0.05, 0) is 57.7 Å². The number of hydrogen-bond acceptors (Lipinski definition) is 9. The van der Waals surface area contributed by atoms with Crippen molar-refractivity contribution in [3.05, 3.63) is 215 Å². The largest absolute Gasteiger partial charge is 0.371 e. The third-order valence-electron chi connectivity index (χ3n) is 11.0. The topological polar surface area (TPSA) is 72.5 Å². The van der Waals surface area contributed by atoms with E-state index in [-0.39, 0.29) is 29.0 Å². The summed E-state index contributed by atoms with van der Waals surface area (Å²) in [6.45, 7) is 11.5. The number of rotatable bonds is 30. The summed E-state index contributed by atoms with van der Waals surface area (Å²) in [5.74, 6) is 2.05. The molecule has 0 saturated heterocycles. The predicted octanol–water partition coefficient (Wildman–Crippen LogP) is 13.3. The van der Waals surface area contributed by atoms with Gasteiger partial charge < -0.3 is 33.2 Å². The molecule has 6 aromatic rings. The van der Waals surface area contributed by atoms with Crippen molar-refractivity contribution in [2.24, 2.45) is 0 Å². The molecule has 6 atom stereocenters. The number of thioether (sulfide) groups is 2. The Morgan fingerprint density at radius 1 is 0.358 bits per heavy atom.